The summed E-state index contributed by atoms with van der Waals surface area (Å²) in [5.41, 5.74) is 5.87. The van der Waals surface area contributed by atoms with Gasteiger partial charge in [-0.3, -0.25) is 15.0 Å². The van der Waals surface area contributed by atoms with Crippen LogP contribution in [0.5, 0.6) is 5.75 Å². The van der Waals surface area contributed by atoms with Gasteiger partial charge in [0.05, 0.1) is 12.8 Å². The Morgan fingerprint density at radius 3 is 2.27 bits per heavy atom. The van der Waals surface area contributed by atoms with E-state index in [1.54, 1.807) is 12.2 Å². The van der Waals surface area contributed by atoms with Crippen LogP contribution in [-0.2, 0) is 35.6 Å². The van der Waals surface area contributed by atoms with Gasteiger partial charge in [-0.15, -0.1) is 0 Å². The topological polar surface area (TPSA) is 54.0 Å². The fourth-order valence-corrected chi connectivity index (χ4v) is 4.94. The molecule has 0 radical (unpaired) electrons. The van der Waals surface area contributed by atoms with E-state index in [4.69, 9.17) is 9.57 Å². The van der Waals surface area contributed by atoms with Crippen LogP contribution in [0.1, 0.15) is 29.2 Å². The summed E-state index contributed by atoms with van der Waals surface area (Å²) in [6.45, 7) is 2.82. The number of nitrogens with one attached hydrogen (secondary N) is 1. The number of para-hydroxylation sites is 2. The summed E-state index contributed by atoms with van der Waals surface area (Å²) < 4.78 is 5.61. The van der Waals surface area contributed by atoms with Crippen LogP contribution >= 0.6 is 0 Å². The number of benzene rings is 3. The molecule has 0 saturated carbocycles. The van der Waals surface area contributed by atoms with Crippen molar-refractivity contribution < 1.29 is 14.4 Å². The molecule has 1 heterocycles. The highest BCUT2D eigenvalue weighted by Gasteiger charge is 2.37. The lowest BCUT2D eigenvalue weighted by Crippen LogP contribution is -2.61. The van der Waals surface area contributed by atoms with Gasteiger partial charge in [0.2, 0.25) is 0 Å². The molecule has 1 aliphatic heterocycles. The van der Waals surface area contributed by atoms with Gasteiger partial charge in [-0.1, -0.05) is 60.7 Å². The Morgan fingerprint density at radius 2 is 1.58 bits per heavy atom. The Hall–Kier alpha value is -3.35. The van der Waals surface area contributed by atoms with Gasteiger partial charge in [0.25, 0.3) is 0 Å². The second kappa shape index (κ2) is 9.25. The first kappa shape index (κ1) is 21.5. The molecule has 3 aromatic carbocycles. The smallest absolute Gasteiger partial charge is 0.329 e. The molecule has 3 aromatic rings. The van der Waals surface area contributed by atoms with E-state index in [0.717, 1.165) is 42.0 Å². The maximum absolute atomic E-state index is 12.1. The van der Waals surface area contributed by atoms with Crippen molar-refractivity contribution in [1.82, 2.24) is 10.2 Å². The van der Waals surface area contributed by atoms with Gasteiger partial charge in [0.1, 0.15) is 5.75 Å². The molecule has 1 unspecified atom stereocenters. The summed E-state index contributed by atoms with van der Waals surface area (Å²) in [5.74, 6) is 0.507. The molecule has 6 nitrogen and oxygen atoms in total. The molecule has 0 saturated heterocycles. The zero-order valence-electron chi connectivity index (χ0n) is 19.0. The van der Waals surface area contributed by atoms with Crippen LogP contribution < -0.4 is 15.1 Å². The number of carbonyl (C=O) groups excluding carboxylic acids is 1. The maximum atomic E-state index is 12.1. The lowest BCUT2D eigenvalue weighted by Gasteiger charge is -2.45. The molecular formula is C27H29N3O3. The fraction of sp³-hybridized carbons (Fsp3) is 0.296. The summed E-state index contributed by atoms with van der Waals surface area (Å²) in [5, 5.41) is 5.54. The molecule has 6 heteroatoms. The molecule has 0 fully saturated rings. The minimum Gasteiger partial charge on any atom is -0.496 e. The molecule has 1 aliphatic carbocycles. The number of rotatable bonds is 6. The van der Waals surface area contributed by atoms with Gasteiger partial charge in [-0.2, -0.15) is 5.06 Å². The van der Waals surface area contributed by atoms with Gasteiger partial charge in [-0.25, -0.2) is 0 Å². The molecule has 5 rings (SSSR count). The largest absolute Gasteiger partial charge is 0.496 e. The van der Waals surface area contributed by atoms with Gasteiger partial charge in [-0.05, 0) is 41.7 Å². The van der Waals surface area contributed by atoms with Crippen LogP contribution in [0.15, 0.2) is 72.8 Å². The second-order valence-corrected chi connectivity index (χ2v) is 8.67. The molecule has 0 spiro atoms. The molecule has 0 aromatic heterocycles. The van der Waals surface area contributed by atoms with Crippen LogP contribution in [0.4, 0.5) is 5.69 Å². The van der Waals surface area contributed by atoms with Crippen molar-refractivity contribution in [3.63, 3.8) is 0 Å². The Bertz CT molecular complexity index is 1120. The molecule has 1 N–H and O–H groups in total. The van der Waals surface area contributed by atoms with Gasteiger partial charge in [0.15, 0.2) is 6.29 Å². The fourth-order valence-electron chi connectivity index (χ4n) is 4.94. The minimum absolute atomic E-state index is 0.246. The molecular weight excluding hydrogens is 414 g/mol. The SMILES string of the molecule is COc1ccccc1CN1Cc2ccccc2N(OC(C)=O)C1NC1Cc2ccccc2C1. The normalized spacial score (nSPS) is 18.0. The summed E-state index contributed by atoms with van der Waals surface area (Å²) >= 11 is 0. The minimum atomic E-state index is -0.342. The van der Waals surface area contributed by atoms with E-state index in [1.807, 2.05) is 36.4 Å². The first-order valence-corrected chi connectivity index (χ1v) is 11.4. The van der Waals surface area contributed by atoms with E-state index in [2.05, 4.69) is 46.6 Å². The highest BCUT2D eigenvalue weighted by Crippen LogP contribution is 2.34. The van der Waals surface area contributed by atoms with Crippen molar-refractivity contribution in [2.45, 2.75) is 45.2 Å². The number of anilines is 1. The first-order chi connectivity index (χ1) is 16.1. The average molecular weight is 444 g/mol. The predicted molar refractivity (Wildman–Crippen MR) is 127 cm³/mol. The molecule has 170 valence electrons. The third kappa shape index (κ3) is 4.45. The lowest BCUT2D eigenvalue weighted by atomic mass is 10.1. The number of hydroxylamine groups is 1. The van der Waals surface area contributed by atoms with Gasteiger partial charge in [0, 0.05) is 31.6 Å². The Morgan fingerprint density at radius 1 is 0.939 bits per heavy atom. The average Bonchev–Trinajstić information content (AvgIpc) is 3.24. The monoisotopic (exact) mass is 443 g/mol. The van der Waals surface area contributed by atoms with E-state index in [1.165, 1.54) is 18.1 Å². The van der Waals surface area contributed by atoms with Crippen LogP contribution in [0, 0.1) is 0 Å². The highest BCUT2D eigenvalue weighted by molar-refractivity contribution is 5.68. The molecule has 0 amide bonds. The number of ether oxygens (including phenoxy) is 1. The van der Waals surface area contributed by atoms with Crippen molar-refractivity contribution in [3.8, 4) is 5.75 Å². The van der Waals surface area contributed by atoms with E-state index >= 15 is 0 Å². The molecule has 0 bridgehead atoms. The summed E-state index contributed by atoms with van der Waals surface area (Å²) in [6.07, 6.45) is 1.59. The van der Waals surface area contributed by atoms with Crippen LogP contribution in [0.2, 0.25) is 0 Å². The van der Waals surface area contributed by atoms with Crippen LogP contribution in [-0.4, -0.2) is 30.3 Å². The summed E-state index contributed by atoms with van der Waals surface area (Å²) in [6, 6.07) is 25.0. The van der Waals surface area contributed by atoms with E-state index in [-0.39, 0.29) is 18.3 Å². The first-order valence-electron chi connectivity index (χ1n) is 11.4. The van der Waals surface area contributed by atoms with Crippen molar-refractivity contribution in [2.75, 3.05) is 12.2 Å². The molecule has 1 atom stereocenters. The maximum Gasteiger partial charge on any atom is 0.329 e. The quantitative estimate of drug-likeness (QED) is 0.621. The van der Waals surface area contributed by atoms with Crippen molar-refractivity contribution in [2.24, 2.45) is 0 Å². The van der Waals surface area contributed by atoms with Crippen molar-refractivity contribution in [1.29, 1.82) is 0 Å². The van der Waals surface area contributed by atoms with Crippen molar-refractivity contribution >= 4 is 11.7 Å². The summed E-state index contributed by atoms with van der Waals surface area (Å²) in [4.78, 5) is 20.2. The Kier molecular flexibility index (Phi) is 6.03. The molecule has 2 aliphatic rings. The van der Waals surface area contributed by atoms with E-state index in [0.29, 0.717) is 6.54 Å². The Balaban J connectivity index is 1.49. The van der Waals surface area contributed by atoms with Gasteiger partial charge >= 0.3 is 5.97 Å². The zero-order valence-corrected chi connectivity index (χ0v) is 19.0. The zero-order chi connectivity index (χ0) is 22.8. The number of hydrogen-bond acceptors (Lipinski definition) is 6. The third-order valence-electron chi connectivity index (χ3n) is 6.40. The number of carbonyl (C=O) groups is 1. The van der Waals surface area contributed by atoms with Crippen molar-refractivity contribution in [3.05, 3.63) is 95.1 Å². The predicted octanol–water partition coefficient (Wildman–Crippen LogP) is 4.04. The van der Waals surface area contributed by atoms with E-state index < -0.39 is 0 Å². The summed E-state index contributed by atoms with van der Waals surface area (Å²) in [7, 11) is 1.70. The van der Waals surface area contributed by atoms with Crippen LogP contribution in [0.25, 0.3) is 0 Å². The second-order valence-electron chi connectivity index (χ2n) is 8.67. The molecule has 33 heavy (non-hydrogen) atoms. The lowest BCUT2D eigenvalue weighted by molar-refractivity contribution is -0.146. The standard InChI is InChI=1S/C27H29N3O3/c1-19(31)33-30-25-13-7-5-11-22(25)17-29(18-23-12-6-8-14-26(23)32-2)27(30)28-24-15-20-9-3-4-10-21(20)16-24/h3-14,24,27-28H,15-18H2,1-2H3. The number of methoxy groups -OCH3 is 1. The number of nitrogens with zero attached hydrogens (tertiary/aromatic N) is 2. The van der Waals surface area contributed by atoms with E-state index in [9.17, 15) is 4.79 Å². The number of fused-ring (bicyclic) bond motifs is 2. The Labute approximate surface area is 194 Å². The van der Waals surface area contributed by atoms with Gasteiger partial charge < -0.3 is 9.57 Å². The number of hydrogen-bond donors (Lipinski definition) is 1. The van der Waals surface area contributed by atoms with Crippen LogP contribution in [0.3, 0.4) is 0 Å². The highest BCUT2D eigenvalue weighted by atomic mass is 16.7. The third-order valence-corrected chi connectivity index (χ3v) is 6.40.